The number of hydrogen-bond donors (Lipinski definition) is 2. The second-order valence-corrected chi connectivity index (χ2v) is 4.19. The van der Waals surface area contributed by atoms with Crippen molar-refractivity contribution < 1.29 is 9.18 Å². The lowest BCUT2D eigenvalue weighted by atomic mass is 10.2. The first-order valence-corrected chi connectivity index (χ1v) is 5.93. The van der Waals surface area contributed by atoms with Crippen molar-refractivity contribution in [2.45, 2.75) is 6.92 Å². The largest absolute Gasteiger partial charge is 0.355 e. The van der Waals surface area contributed by atoms with Gasteiger partial charge in [-0.15, -0.1) is 0 Å². The van der Waals surface area contributed by atoms with Gasteiger partial charge in [-0.05, 0) is 42.5 Å². The van der Waals surface area contributed by atoms with E-state index in [1.54, 1.807) is 36.4 Å². The Balaban J connectivity index is 2.12. The third-order valence-corrected chi connectivity index (χ3v) is 2.58. The maximum atomic E-state index is 13.5. The molecule has 0 aliphatic carbocycles. The normalized spacial score (nSPS) is 9.65. The number of benzene rings is 2. The van der Waals surface area contributed by atoms with Crippen molar-refractivity contribution in [3.8, 4) is 6.07 Å². The van der Waals surface area contributed by atoms with Crippen LogP contribution in [0.2, 0.25) is 0 Å². The fourth-order valence-corrected chi connectivity index (χ4v) is 1.69. The number of nitrogens with zero attached hydrogens (tertiary/aromatic N) is 1. The first-order valence-electron chi connectivity index (χ1n) is 5.93. The average molecular weight is 269 g/mol. The van der Waals surface area contributed by atoms with Gasteiger partial charge in [0.1, 0.15) is 11.9 Å². The highest BCUT2D eigenvalue weighted by Crippen LogP contribution is 2.20. The lowest BCUT2D eigenvalue weighted by molar-refractivity contribution is -0.114. The molecule has 100 valence electrons. The van der Waals surface area contributed by atoms with E-state index in [1.165, 1.54) is 19.1 Å². The maximum Gasteiger partial charge on any atom is 0.221 e. The van der Waals surface area contributed by atoms with Crippen LogP contribution in [0.1, 0.15) is 12.5 Å². The van der Waals surface area contributed by atoms with E-state index >= 15 is 0 Å². The summed E-state index contributed by atoms with van der Waals surface area (Å²) in [5.74, 6) is -0.702. The molecule has 0 saturated heterocycles. The van der Waals surface area contributed by atoms with E-state index in [0.717, 1.165) is 5.69 Å². The molecule has 0 atom stereocenters. The van der Waals surface area contributed by atoms with Crippen LogP contribution in [0.4, 0.5) is 21.5 Å². The lowest BCUT2D eigenvalue weighted by Crippen LogP contribution is -2.05. The van der Waals surface area contributed by atoms with Crippen LogP contribution >= 0.6 is 0 Å². The second-order valence-electron chi connectivity index (χ2n) is 4.19. The Morgan fingerprint density at radius 3 is 2.25 bits per heavy atom. The number of anilines is 3. The molecule has 4 nitrogen and oxygen atoms in total. The van der Waals surface area contributed by atoms with E-state index in [9.17, 15) is 9.18 Å². The Morgan fingerprint density at radius 1 is 1.10 bits per heavy atom. The summed E-state index contributed by atoms with van der Waals surface area (Å²) in [6.07, 6.45) is 0. The van der Waals surface area contributed by atoms with Gasteiger partial charge in [0.25, 0.3) is 0 Å². The van der Waals surface area contributed by atoms with Gasteiger partial charge in [0.05, 0.1) is 5.56 Å². The van der Waals surface area contributed by atoms with Gasteiger partial charge >= 0.3 is 0 Å². The maximum absolute atomic E-state index is 13.5. The number of nitrogens with one attached hydrogen (secondary N) is 2. The van der Waals surface area contributed by atoms with E-state index in [1.807, 2.05) is 0 Å². The number of carbonyl (C=O) groups is 1. The first-order chi connectivity index (χ1) is 9.58. The third-order valence-electron chi connectivity index (χ3n) is 2.58. The zero-order chi connectivity index (χ0) is 14.5. The molecule has 0 aliphatic rings. The van der Waals surface area contributed by atoms with Crippen LogP contribution in [-0.2, 0) is 4.79 Å². The Bertz CT molecular complexity index is 675. The minimum atomic E-state index is -0.563. The summed E-state index contributed by atoms with van der Waals surface area (Å²) in [5, 5.41) is 14.3. The summed E-state index contributed by atoms with van der Waals surface area (Å²) in [5.41, 5.74) is 2.00. The molecule has 2 aromatic carbocycles. The zero-order valence-corrected chi connectivity index (χ0v) is 10.8. The fraction of sp³-hybridized carbons (Fsp3) is 0.0667. The molecule has 2 aromatic rings. The van der Waals surface area contributed by atoms with Crippen molar-refractivity contribution >= 4 is 23.0 Å². The van der Waals surface area contributed by atoms with Crippen molar-refractivity contribution in [1.82, 2.24) is 0 Å². The van der Waals surface area contributed by atoms with Crippen molar-refractivity contribution in [3.05, 3.63) is 53.8 Å². The van der Waals surface area contributed by atoms with E-state index in [4.69, 9.17) is 5.26 Å². The van der Waals surface area contributed by atoms with Gasteiger partial charge in [-0.3, -0.25) is 4.79 Å². The predicted octanol–water partition coefficient (Wildman–Crippen LogP) is 3.40. The highest BCUT2D eigenvalue weighted by molar-refractivity contribution is 5.88. The molecular weight excluding hydrogens is 257 g/mol. The predicted molar refractivity (Wildman–Crippen MR) is 75.1 cm³/mol. The van der Waals surface area contributed by atoms with Gasteiger partial charge in [0.2, 0.25) is 5.91 Å². The molecule has 0 aromatic heterocycles. The summed E-state index contributed by atoms with van der Waals surface area (Å²) in [6, 6.07) is 13.1. The average Bonchev–Trinajstić information content (AvgIpc) is 2.41. The van der Waals surface area contributed by atoms with Gasteiger partial charge in [-0.25, -0.2) is 4.39 Å². The van der Waals surface area contributed by atoms with Gasteiger partial charge in [0.15, 0.2) is 0 Å². The number of rotatable bonds is 3. The highest BCUT2D eigenvalue weighted by atomic mass is 19.1. The summed E-state index contributed by atoms with van der Waals surface area (Å²) in [6.45, 7) is 1.44. The molecule has 0 heterocycles. The Hall–Kier alpha value is -2.87. The SMILES string of the molecule is CC(=O)Nc1ccc(Nc2ccc(C#N)c(F)c2)cc1. The van der Waals surface area contributed by atoms with E-state index in [2.05, 4.69) is 10.6 Å². The summed E-state index contributed by atoms with van der Waals surface area (Å²) >= 11 is 0. The number of amides is 1. The molecule has 1 amide bonds. The highest BCUT2D eigenvalue weighted by Gasteiger charge is 2.03. The Kier molecular flexibility index (Phi) is 3.96. The minimum Gasteiger partial charge on any atom is -0.355 e. The standard InChI is InChI=1S/C15H12FN3O/c1-10(20)18-12-4-6-13(7-5-12)19-14-3-2-11(9-17)15(16)8-14/h2-8,19H,1H3,(H,18,20). The molecule has 0 aliphatic heterocycles. The number of nitriles is 1. The lowest BCUT2D eigenvalue weighted by Gasteiger charge is -2.08. The van der Waals surface area contributed by atoms with Crippen LogP contribution in [0.25, 0.3) is 0 Å². The number of carbonyl (C=O) groups excluding carboxylic acids is 1. The summed E-state index contributed by atoms with van der Waals surface area (Å²) in [7, 11) is 0. The van der Waals surface area contributed by atoms with Gasteiger partial charge in [-0.1, -0.05) is 0 Å². The third kappa shape index (κ3) is 3.33. The molecule has 0 spiro atoms. The van der Waals surface area contributed by atoms with Crippen molar-refractivity contribution in [1.29, 1.82) is 5.26 Å². The quantitative estimate of drug-likeness (QED) is 0.897. The van der Waals surface area contributed by atoms with Crippen LogP contribution in [0.15, 0.2) is 42.5 Å². The van der Waals surface area contributed by atoms with Gasteiger partial charge < -0.3 is 10.6 Å². The molecule has 0 bridgehead atoms. The van der Waals surface area contributed by atoms with Crippen LogP contribution in [0, 0.1) is 17.1 Å². The zero-order valence-electron chi connectivity index (χ0n) is 10.8. The number of halogens is 1. The summed E-state index contributed by atoms with van der Waals surface area (Å²) in [4.78, 5) is 10.9. The van der Waals surface area contributed by atoms with Crippen LogP contribution in [0.3, 0.4) is 0 Å². The molecule has 2 N–H and O–H groups in total. The molecular formula is C15H12FN3O. The molecule has 5 heteroatoms. The molecule has 0 radical (unpaired) electrons. The molecule has 0 saturated carbocycles. The monoisotopic (exact) mass is 269 g/mol. The van der Waals surface area contributed by atoms with E-state index < -0.39 is 5.82 Å². The van der Waals surface area contributed by atoms with Crippen LogP contribution in [0.5, 0.6) is 0 Å². The van der Waals surface area contributed by atoms with Crippen molar-refractivity contribution in [3.63, 3.8) is 0 Å². The van der Waals surface area contributed by atoms with Crippen molar-refractivity contribution in [2.75, 3.05) is 10.6 Å². The fourth-order valence-electron chi connectivity index (χ4n) is 1.69. The molecule has 2 rings (SSSR count). The number of hydrogen-bond acceptors (Lipinski definition) is 3. The summed E-state index contributed by atoms with van der Waals surface area (Å²) < 4.78 is 13.5. The Labute approximate surface area is 115 Å². The van der Waals surface area contributed by atoms with Crippen LogP contribution < -0.4 is 10.6 Å². The smallest absolute Gasteiger partial charge is 0.221 e. The second kappa shape index (κ2) is 5.85. The molecule has 0 unspecified atom stereocenters. The topological polar surface area (TPSA) is 64.9 Å². The first kappa shape index (κ1) is 13.6. The minimum absolute atomic E-state index is 0.0107. The van der Waals surface area contributed by atoms with Crippen LogP contribution in [-0.4, -0.2) is 5.91 Å². The molecule has 20 heavy (non-hydrogen) atoms. The van der Waals surface area contributed by atoms with E-state index in [0.29, 0.717) is 11.4 Å². The van der Waals surface area contributed by atoms with Crippen molar-refractivity contribution in [2.24, 2.45) is 0 Å². The Morgan fingerprint density at radius 2 is 1.70 bits per heavy atom. The van der Waals surface area contributed by atoms with E-state index in [-0.39, 0.29) is 11.5 Å². The van der Waals surface area contributed by atoms with Gasteiger partial charge in [-0.2, -0.15) is 5.26 Å². The molecule has 0 fully saturated rings. The van der Waals surface area contributed by atoms with Gasteiger partial charge in [0, 0.05) is 24.0 Å².